The van der Waals surface area contributed by atoms with Crippen molar-refractivity contribution in [1.82, 2.24) is 15.5 Å². The van der Waals surface area contributed by atoms with E-state index in [0.717, 1.165) is 31.0 Å². The number of halogens is 1. The van der Waals surface area contributed by atoms with Crippen LogP contribution in [0, 0.1) is 0 Å². The van der Waals surface area contributed by atoms with E-state index in [0.29, 0.717) is 12.1 Å². The second kappa shape index (κ2) is 12.2. The number of nitrogens with zero attached hydrogens (tertiary/aromatic N) is 2. The van der Waals surface area contributed by atoms with Crippen LogP contribution in [0.2, 0.25) is 0 Å². The summed E-state index contributed by atoms with van der Waals surface area (Å²) in [5.74, 6) is 0.856. The number of carbonyl (C=O) groups is 1. The first kappa shape index (κ1) is 21.7. The average molecular weight is 432 g/mol. The highest BCUT2D eigenvalue weighted by Gasteiger charge is 2.05. The van der Waals surface area contributed by atoms with Gasteiger partial charge >= 0.3 is 0 Å². The molecule has 1 aromatic carbocycles. The molecule has 0 aliphatic rings. The van der Waals surface area contributed by atoms with Crippen molar-refractivity contribution in [2.75, 3.05) is 27.2 Å². The van der Waals surface area contributed by atoms with Gasteiger partial charge in [-0.1, -0.05) is 25.5 Å². The van der Waals surface area contributed by atoms with Gasteiger partial charge in [0, 0.05) is 32.7 Å². The lowest BCUT2D eigenvalue weighted by Gasteiger charge is -2.21. The lowest BCUT2D eigenvalue weighted by atomic mass is 10.1. The molecule has 0 spiro atoms. The van der Waals surface area contributed by atoms with Crippen molar-refractivity contribution in [3.63, 3.8) is 0 Å². The first-order valence-corrected chi connectivity index (χ1v) is 7.92. The monoisotopic (exact) mass is 432 g/mol. The van der Waals surface area contributed by atoms with E-state index in [9.17, 15) is 4.79 Å². The minimum absolute atomic E-state index is 0. The first-order chi connectivity index (χ1) is 10.6. The van der Waals surface area contributed by atoms with Gasteiger partial charge in [0.2, 0.25) is 0 Å². The number of benzene rings is 1. The van der Waals surface area contributed by atoms with Crippen molar-refractivity contribution in [3.8, 4) is 0 Å². The van der Waals surface area contributed by atoms with Crippen LogP contribution in [0.25, 0.3) is 0 Å². The van der Waals surface area contributed by atoms with Gasteiger partial charge in [0.25, 0.3) is 5.91 Å². The molecular formula is C17H29IN4O. The molecule has 0 bridgehead atoms. The molecule has 0 aliphatic carbocycles. The topological polar surface area (TPSA) is 56.7 Å². The average Bonchev–Trinajstić information content (AvgIpc) is 2.56. The van der Waals surface area contributed by atoms with E-state index in [1.807, 2.05) is 24.3 Å². The fourth-order valence-corrected chi connectivity index (χ4v) is 2.04. The Hall–Kier alpha value is -1.31. The van der Waals surface area contributed by atoms with E-state index >= 15 is 0 Å². The van der Waals surface area contributed by atoms with Gasteiger partial charge in [-0.2, -0.15) is 0 Å². The Morgan fingerprint density at radius 2 is 1.87 bits per heavy atom. The van der Waals surface area contributed by atoms with Crippen LogP contribution in [-0.4, -0.2) is 44.0 Å². The molecule has 0 aromatic heterocycles. The van der Waals surface area contributed by atoms with Crippen LogP contribution in [0.5, 0.6) is 0 Å². The summed E-state index contributed by atoms with van der Waals surface area (Å²) in [5, 5.41) is 5.93. The molecule has 5 nitrogen and oxygen atoms in total. The lowest BCUT2D eigenvalue weighted by molar-refractivity contribution is 0.0963. The van der Waals surface area contributed by atoms with Gasteiger partial charge in [-0.3, -0.25) is 4.79 Å². The fourth-order valence-electron chi connectivity index (χ4n) is 2.04. The van der Waals surface area contributed by atoms with Gasteiger partial charge in [0.05, 0.1) is 6.54 Å². The van der Waals surface area contributed by atoms with Crippen LogP contribution in [-0.2, 0) is 6.54 Å². The molecule has 0 saturated heterocycles. The van der Waals surface area contributed by atoms with E-state index in [-0.39, 0.29) is 29.9 Å². The Balaban J connectivity index is 0.00000484. The molecule has 1 rings (SSSR count). The molecule has 0 aliphatic heterocycles. The molecular weight excluding hydrogens is 403 g/mol. The van der Waals surface area contributed by atoms with Crippen LogP contribution < -0.4 is 10.6 Å². The molecule has 0 unspecified atom stereocenters. The number of amides is 1. The highest BCUT2D eigenvalue weighted by molar-refractivity contribution is 14.0. The molecule has 1 amide bonds. The van der Waals surface area contributed by atoms with Gasteiger partial charge in [0.1, 0.15) is 0 Å². The smallest absolute Gasteiger partial charge is 0.251 e. The van der Waals surface area contributed by atoms with Crippen molar-refractivity contribution >= 4 is 35.8 Å². The zero-order chi connectivity index (χ0) is 16.4. The number of aliphatic imine (C=N–C) groups is 1. The van der Waals surface area contributed by atoms with E-state index in [1.54, 1.807) is 7.05 Å². The van der Waals surface area contributed by atoms with Gasteiger partial charge in [0.15, 0.2) is 5.96 Å². The maximum Gasteiger partial charge on any atom is 0.251 e. The van der Waals surface area contributed by atoms with Crippen molar-refractivity contribution < 1.29 is 4.79 Å². The maximum atomic E-state index is 11.5. The minimum Gasteiger partial charge on any atom is -0.357 e. The summed E-state index contributed by atoms with van der Waals surface area (Å²) < 4.78 is 0. The van der Waals surface area contributed by atoms with E-state index in [2.05, 4.69) is 41.4 Å². The zero-order valence-corrected chi connectivity index (χ0v) is 16.9. The lowest BCUT2D eigenvalue weighted by Crippen LogP contribution is -2.39. The predicted molar refractivity (Wildman–Crippen MR) is 108 cm³/mol. The Morgan fingerprint density at radius 1 is 1.22 bits per heavy atom. The van der Waals surface area contributed by atoms with Gasteiger partial charge < -0.3 is 15.5 Å². The van der Waals surface area contributed by atoms with Crippen LogP contribution >= 0.6 is 24.0 Å². The third kappa shape index (κ3) is 7.67. The molecule has 2 N–H and O–H groups in total. The summed E-state index contributed by atoms with van der Waals surface area (Å²) in [6.45, 7) is 6.71. The van der Waals surface area contributed by atoms with Gasteiger partial charge in [-0.15, -0.1) is 24.0 Å². The summed E-state index contributed by atoms with van der Waals surface area (Å²) in [7, 11) is 3.70. The minimum atomic E-state index is -0.0670. The quantitative estimate of drug-likeness (QED) is 0.396. The highest BCUT2D eigenvalue weighted by Crippen LogP contribution is 2.06. The van der Waals surface area contributed by atoms with Gasteiger partial charge in [-0.25, -0.2) is 4.99 Å². The number of carbonyl (C=O) groups excluding carboxylic acids is 1. The molecule has 0 saturated carbocycles. The van der Waals surface area contributed by atoms with Crippen molar-refractivity contribution in [3.05, 3.63) is 35.4 Å². The molecule has 0 atom stereocenters. The second-order valence-electron chi connectivity index (χ2n) is 5.22. The Bertz CT molecular complexity index is 488. The molecule has 6 heteroatoms. The molecule has 0 fully saturated rings. The van der Waals surface area contributed by atoms with Crippen molar-refractivity contribution in [1.29, 1.82) is 0 Å². The second-order valence-corrected chi connectivity index (χ2v) is 5.22. The fraction of sp³-hybridized carbons (Fsp3) is 0.529. The Kier molecular flexibility index (Phi) is 11.5. The van der Waals surface area contributed by atoms with Crippen molar-refractivity contribution in [2.45, 2.75) is 33.2 Å². The SMILES string of the molecule is CCCCN(C)C(=NCc1ccc(C(=O)NC)cc1)NCC.I. The van der Waals surface area contributed by atoms with E-state index in [1.165, 1.54) is 6.42 Å². The normalized spacial score (nSPS) is 10.7. The van der Waals surface area contributed by atoms with Crippen LogP contribution in [0.4, 0.5) is 0 Å². The zero-order valence-electron chi connectivity index (χ0n) is 14.6. The number of unbranched alkanes of at least 4 members (excludes halogenated alkanes) is 1. The molecule has 0 radical (unpaired) electrons. The van der Waals surface area contributed by atoms with E-state index < -0.39 is 0 Å². The molecule has 23 heavy (non-hydrogen) atoms. The largest absolute Gasteiger partial charge is 0.357 e. The number of rotatable bonds is 7. The van der Waals surface area contributed by atoms with Crippen molar-refractivity contribution in [2.24, 2.45) is 4.99 Å². The number of hydrogen-bond donors (Lipinski definition) is 2. The summed E-state index contributed by atoms with van der Waals surface area (Å²) in [4.78, 5) is 18.3. The summed E-state index contributed by atoms with van der Waals surface area (Å²) in [5.41, 5.74) is 1.76. The predicted octanol–water partition coefficient (Wildman–Crippen LogP) is 2.86. The summed E-state index contributed by atoms with van der Waals surface area (Å²) in [6.07, 6.45) is 2.33. The van der Waals surface area contributed by atoms with Gasteiger partial charge in [-0.05, 0) is 31.0 Å². The number of guanidine groups is 1. The number of nitrogens with one attached hydrogen (secondary N) is 2. The van der Waals surface area contributed by atoms with Crippen LogP contribution in [0.15, 0.2) is 29.3 Å². The number of hydrogen-bond acceptors (Lipinski definition) is 2. The summed E-state index contributed by atoms with van der Waals surface area (Å²) >= 11 is 0. The van der Waals surface area contributed by atoms with Crippen LogP contribution in [0.1, 0.15) is 42.6 Å². The standard InChI is InChI=1S/C17H28N4O.HI/c1-5-7-12-21(4)17(19-6-2)20-13-14-8-10-15(11-9-14)16(22)18-3;/h8-11H,5-7,12-13H2,1-4H3,(H,18,22)(H,19,20);1H. The highest BCUT2D eigenvalue weighted by atomic mass is 127. The van der Waals surface area contributed by atoms with E-state index in [4.69, 9.17) is 0 Å². The first-order valence-electron chi connectivity index (χ1n) is 7.92. The van der Waals surface area contributed by atoms with Crippen LogP contribution in [0.3, 0.4) is 0 Å². The third-order valence-electron chi connectivity index (χ3n) is 3.40. The molecule has 130 valence electrons. The molecule has 1 aromatic rings. The Labute approximate surface area is 157 Å². The Morgan fingerprint density at radius 3 is 2.39 bits per heavy atom. The third-order valence-corrected chi connectivity index (χ3v) is 3.40. The summed E-state index contributed by atoms with van der Waals surface area (Å²) in [6, 6.07) is 7.56. The molecule has 0 heterocycles. The maximum absolute atomic E-state index is 11.5.